The molecule has 2 amide bonds. The molecule has 1 aromatic carbocycles. The van der Waals surface area contributed by atoms with E-state index in [4.69, 9.17) is 5.73 Å². The summed E-state index contributed by atoms with van der Waals surface area (Å²) in [6.07, 6.45) is 2.47. The van der Waals surface area contributed by atoms with Crippen molar-refractivity contribution in [3.05, 3.63) is 35.4 Å². The van der Waals surface area contributed by atoms with E-state index in [0.717, 1.165) is 43.6 Å². The zero-order chi connectivity index (χ0) is 15.7. The van der Waals surface area contributed by atoms with E-state index in [1.165, 1.54) is 0 Å². The fourth-order valence-electron chi connectivity index (χ4n) is 3.72. The van der Waals surface area contributed by atoms with Crippen molar-refractivity contribution < 1.29 is 9.59 Å². The molecule has 0 saturated carbocycles. The Morgan fingerprint density at radius 3 is 2.86 bits per heavy atom. The van der Waals surface area contributed by atoms with Crippen LogP contribution in [0.2, 0.25) is 0 Å². The van der Waals surface area contributed by atoms with Crippen LogP contribution in [0.4, 0.5) is 0 Å². The van der Waals surface area contributed by atoms with Crippen LogP contribution in [0.1, 0.15) is 43.2 Å². The van der Waals surface area contributed by atoms with Crippen molar-refractivity contribution in [1.82, 2.24) is 10.0 Å². The van der Waals surface area contributed by atoms with Gasteiger partial charge in [0.15, 0.2) is 0 Å². The van der Waals surface area contributed by atoms with Gasteiger partial charge in [-0.2, -0.15) is 0 Å². The average Bonchev–Trinajstić information content (AvgIpc) is 2.92. The maximum absolute atomic E-state index is 13.1. The third kappa shape index (κ3) is 2.50. The number of hydrogen-bond acceptors (Lipinski definition) is 3. The number of rotatable bonds is 4. The molecule has 2 atom stereocenters. The van der Waals surface area contributed by atoms with Crippen molar-refractivity contribution in [2.75, 3.05) is 13.1 Å². The Kier molecular flexibility index (Phi) is 4.16. The zero-order valence-electron chi connectivity index (χ0n) is 13.0. The maximum atomic E-state index is 13.1. The van der Waals surface area contributed by atoms with E-state index in [-0.39, 0.29) is 11.8 Å². The van der Waals surface area contributed by atoms with E-state index in [9.17, 15) is 9.59 Å². The van der Waals surface area contributed by atoms with Crippen molar-refractivity contribution in [1.29, 1.82) is 0 Å². The Morgan fingerprint density at radius 1 is 1.36 bits per heavy atom. The van der Waals surface area contributed by atoms with Gasteiger partial charge in [-0.05, 0) is 24.0 Å². The van der Waals surface area contributed by atoms with Crippen LogP contribution in [-0.2, 0) is 16.1 Å². The lowest BCUT2D eigenvalue weighted by Gasteiger charge is -2.29. The minimum Gasteiger partial charge on any atom is -0.369 e. The Bertz CT molecular complexity index is 587. The van der Waals surface area contributed by atoms with Crippen molar-refractivity contribution in [3.8, 4) is 0 Å². The van der Waals surface area contributed by atoms with Gasteiger partial charge in [0.05, 0.1) is 11.8 Å². The molecular weight excluding hydrogens is 278 g/mol. The van der Waals surface area contributed by atoms with Gasteiger partial charge >= 0.3 is 0 Å². The highest BCUT2D eigenvalue weighted by Crippen LogP contribution is 2.37. The molecule has 2 aliphatic heterocycles. The molecule has 2 aliphatic rings. The summed E-state index contributed by atoms with van der Waals surface area (Å²) in [6, 6.07) is 7.97. The molecule has 2 heterocycles. The van der Waals surface area contributed by atoms with Crippen LogP contribution in [-0.4, -0.2) is 34.9 Å². The summed E-state index contributed by atoms with van der Waals surface area (Å²) in [5, 5.41) is 3.93. The van der Waals surface area contributed by atoms with Crippen molar-refractivity contribution in [2.45, 2.75) is 38.6 Å². The summed E-state index contributed by atoms with van der Waals surface area (Å²) in [7, 11) is 0. The molecule has 2 N–H and O–H groups in total. The van der Waals surface area contributed by atoms with Crippen molar-refractivity contribution in [3.63, 3.8) is 0 Å². The van der Waals surface area contributed by atoms with Crippen LogP contribution in [0.5, 0.6) is 0 Å². The second-order valence-electron chi connectivity index (χ2n) is 6.18. The van der Waals surface area contributed by atoms with Crippen LogP contribution in [0, 0.1) is 5.92 Å². The molecule has 1 saturated heterocycles. The number of fused-ring (bicyclic) bond motifs is 2. The van der Waals surface area contributed by atoms with Gasteiger partial charge in [0, 0.05) is 19.6 Å². The molecule has 3 rings (SSSR count). The van der Waals surface area contributed by atoms with Crippen molar-refractivity contribution >= 4 is 11.8 Å². The summed E-state index contributed by atoms with van der Waals surface area (Å²) >= 11 is 0. The topological polar surface area (TPSA) is 66.6 Å². The van der Waals surface area contributed by atoms with E-state index in [0.29, 0.717) is 6.42 Å². The lowest BCUT2D eigenvalue weighted by Crippen LogP contribution is -2.44. The molecule has 118 valence electrons. The summed E-state index contributed by atoms with van der Waals surface area (Å²) in [5.74, 6) is -1.22. The second-order valence-corrected chi connectivity index (χ2v) is 6.18. The van der Waals surface area contributed by atoms with Crippen LogP contribution in [0.15, 0.2) is 24.3 Å². The number of hydrogen-bond donors (Lipinski definition) is 1. The van der Waals surface area contributed by atoms with E-state index in [1.807, 2.05) is 30.1 Å². The van der Waals surface area contributed by atoms with Crippen LogP contribution in [0.3, 0.4) is 0 Å². The lowest BCUT2D eigenvalue weighted by molar-refractivity contribution is -0.148. The number of primary amides is 1. The molecule has 0 aromatic heterocycles. The minimum atomic E-state index is -0.447. The standard InChI is InChI=1S/C17H23N3O2/c1-2-6-14(16(18)21)15-13-8-4-3-7-12(13)11-19-9-5-10-20(19)17(15)22/h3-4,7-8,14-15H,2,5-6,9-11H2,1H3,(H2,18,21)/t14?,15-/m1/s1. The monoisotopic (exact) mass is 301 g/mol. The zero-order valence-corrected chi connectivity index (χ0v) is 13.0. The first-order valence-corrected chi connectivity index (χ1v) is 8.06. The van der Waals surface area contributed by atoms with Gasteiger partial charge in [-0.3, -0.25) is 14.6 Å². The Balaban J connectivity index is 2.08. The first-order chi connectivity index (χ1) is 10.6. The Labute approximate surface area is 131 Å². The Hall–Kier alpha value is -1.88. The molecule has 0 spiro atoms. The van der Waals surface area contributed by atoms with Gasteiger partial charge in [-0.15, -0.1) is 0 Å². The van der Waals surface area contributed by atoms with E-state index < -0.39 is 11.8 Å². The molecular formula is C17H23N3O2. The number of nitrogens with two attached hydrogens (primary N) is 1. The van der Waals surface area contributed by atoms with Gasteiger partial charge in [-0.1, -0.05) is 37.6 Å². The van der Waals surface area contributed by atoms with E-state index in [1.54, 1.807) is 0 Å². The summed E-state index contributed by atoms with van der Waals surface area (Å²) in [5.41, 5.74) is 7.74. The van der Waals surface area contributed by atoms with E-state index in [2.05, 4.69) is 11.1 Å². The predicted molar refractivity (Wildman–Crippen MR) is 83.5 cm³/mol. The Morgan fingerprint density at radius 2 is 2.14 bits per heavy atom. The van der Waals surface area contributed by atoms with Gasteiger partial charge in [0.1, 0.15) is 0 Å². The van der Waals surface area contributed by atoms with Gasteiger partial charge in [0.25, 0.3) is 0 Å². The maximum Gasteiger partial charge on any atom is 0.245 e. The highest BCUT2D eigenvalue weighted by Gasteiger charge is 2.42. The van der Waals surface area contributed by atoms with E-state index >= 15 is 0 Å². The third-order valence-electron chi connectivity index (χ3n) is 4.76. The normalized spacial score (nSPS) is 22.9. The first kappa shape index (κ1) is 15.0. The molecule has 5 heteroatoms. The molecule has 0 aliphatic carbocycles. The number of carbonyl (C=O) groups excluding carboxylic acids is 2. The van der Waals surface area contributed by atoms with Crippen LogP contribution >= 0.6 is 0 Å². The molecule has 0 radical (unpaired) electrons. The largest absolute Gasteiger partial charge is 0.369 e. The molecule has 1 fully saturated rings. The number of amides is 2. The number of benzene rings is 1. The minimum absolute atomic E-state index is 0.0275. The highest BCUT2D eigenvalue weighted by atomic mass is 16.2. The fraction of sp³-hybridized carbons (Fsp3) is 0.529. The third-order valence-corrected chi connectivity index (χ3v) is 4.76. The molecule has 1 aromatic rings. The second kappa shape index (κ2) is 6.08. The van der Waals surface area contributed by atoms with Crippen LogP contribution in [0.25, 0.3) is 0 Å². The smallest absolute Gasteiger partial charge is 0.245 e. The van der Waals surface area contributed by atoms with Gasteiger partial charge < -0.3 is 5.73 Å². The van der Waals surface area contributed by atoms with Gasteiger partial charge in [-0.25, -0.2) is 5.01 Å². The van der Waals surface area contributed by atoms with Crippen molar-refractivity contribution in [2.24, 2.45) is 11.7 Å². The van der Waals surface area contributed by atoms with Crippen LogP contribution < -0.4 is 5.73 Å². The number of nitrogens with zero attached hydrogens (tertiary/aromatic N) is 2. The lowest BCUT2D eigenvalue weighted by atomic mass is 9.80. The summed E-state index contributed by atoms with van der Waals surface area (Å²) in [4.78, 5) is 25.1. The molecule has 5 nitrogen and oxygen atoms in total. The molecule has 1 unspecified atom stereocenters. The van der Waals surface area contributed by atoms with Gasteiger partial charge in [0.2, 0.25) is 11.8 Å². The summed E-state index contributed by atoms with van der Waals surface area (Å²) in [6.45, 7) is 4.38. The number of hydrazine groups is 1. The molecule has 22 heavy (non-hydrogen) atoms. The first-order valence-electron chi connectivity index (χ1n) is 8.06. The quantitative estimate of drug-likeness (QED) is 0.919. The molecule has 0 bridgehead atoms. The highest BCUT2D eigenvalue weighted by molar-refractivity contribution is 5.91. The SMILES string of the molecule is CCCC(C(N)=O)[C@@H]1C(=O)N2CCCN2Cc2ccccc21. The average molecular weight is 301 g/mol. The summed E-state index contributed by atoms with van der Waals surface area (Å²) < 4.78 is 0. The predicted octanol–water partition coefficient (Wildman–Crippen LogP) is 1.63. The fourth-order valence-corrected chi connectivity index (χ4v) is 3.72. The number of carbonyl (C=O) groups is 2.